The molecule has 27 heteroatoms. The van der Waals surface area contributed by atoms with E-state index >= 15 is 0 Å². The largest absolute Gasteiger partial charge is 0.489 e. The van der Waals surface area contributed by atoms with Gasteiger partial charge in [0, 0.05) is 52.4 Å². The van der Waals surface area contributed by atoms with Crippen molar-refractivity contribution in [3.63, 3.8) is 0 Å². The van der Waals surface area contributed by atoms with Gasteiger partial charge < -0.3 is 49.9 Å². The van der Waals surface area contributed by atoms with Crippen LogP contribution < -0.4 is 36.1 Å². The van der Waals surface area contributed by atoms with Crippen molar-refractivity contribution in [1.29, 1.82) is 0 Å². The van der Waals surface area contributed by atoms with Gasteiger partial charge in [-0.25, -0.2) is 9.98 Å². The molecule has 2 fully saturated rings. The molecule has 0 aromatic heterocycles. The Labute approximate surface area is 575 Å². The zero-order chi connectivity index (χ0) is 66.1. The fraction of sp³-hybridized carbons (Fsp3) is 0.365. The molecule has 6 heterocycles. The predicted molar refractivity (Wildman–Crippen MR) is 369 cm³/mol. The smallest absolute Gasteiger partial charge is 0.278 e. The van der Waals surface area contributed by atoms with E-state index in [9.17, 15) is 19.2 Å². The van der Waals surface area contributed by atoms with E-state index < -0.39 is 30.7 Å². The predicted octanol–water partition coefficient (Wildman–Crippen LogP) is 11.5. The van der Waals surface area contributed by atoms with Gasteiger partial charge >= 0.3 is 0 Å². The summed E-state index contributed by atoms with van der Waals surface area (Å²) in [5.74, 6) is 2.99. The monoisotopic (exact) mass is 1450 g/mol. The minimum atomic E-state index is -2.13. The zero-order valence-corrected chi connectivity index (χ0v) is 58.1. The van der Waals surface area contributed by atoms with Crippen LogP contribution in [-0.2, 0) is 22.8 Å². The Bertz CT molecular complexity index is 3270. The normalized spacial score (nSPS) is 21.2. The summed E-state index contributed by atoms with van der Waals surface area (Å²) in [5, 5.41) is 15.9. The van der Waals surface area contributed by atoms with E-state index in [2.05, 4.69) is 73.3 Å². The molecule has 6 aliphatic rings. The van der Waals surface area contributed by atoms with Gasteiger partial charge in [0.05, 0.1) is 58.8 Å². The van der Waals surface area contributed by atoms with Crippen LogP contribution in [0.3, 0.4) is 0 Å². The molecule has 10 rings (SSSR count). The van der Waals surface area contributed by atoms with E-state index in [0.717, 1.165) is 34.9 Å². The van der Waals surface area contributed by atoms with Gasteiger partial charge in [-0.05, 0) is 84.7 Å². The van der Waals surface area contributed by atoms with Crippen molar-refractivity contribution < 1.29 is 28.7 Å². The lowest BCUT2D eigenvalue weighted by atomic mass is 9.90. The number of ketones is 2. The Morgan fingerprint density at radius 1 is 0.656 bits per heavy atom. The van der Waals surface area contributed by atoms with E-state index in [-0.39, 0.29) is 47.6 Å². The maximum Gasteiger partial charge on any atom is 0.278 e. The van der Waals surface area contributed by atoms with Gasteiger partial charge in [0.25, 0.3) is 19.4 Å². The molecule has 90 heavy (non-hydrogen) atoms. The zero-order valence-electron chi connectivity index (χ0n) is 50.5. The summed E-state index contributed by atoms with van der Waals surface area (Å²) in [4.78, 5) is 68.4. The summed E-state index contributed by atoms with van der Waals surface area (Å²) in [6, 6.07) is 33.7. The van der Waals surface area contributed by atoms with Crippen LogP contribution in [0.1, 0.15) is 58.5 Å². The molecule has 4 aromatic carbocycles. The van der Waals surface area contributed by atoms with Crippen LogP contribution in [0.5, 0.6) is 11.5 Å². The molecule has 0 aliphatic carbocycles. The second-order valence-electron chi connectivity index (χ2n) is 21.2. The second kappa shape index (κ2) is 33.0. The molecule has 2 spiro atoms. The van der Waals surface area contributed by atoms with E-state index in [1.165, 1.54) is 0 Å². The van der Waals surface area contributed by atoms with Crippen molar-refractivity contribution >= 4 is 144 Å². The van der Waals surface area contributed by atoms with Gasteiger partial charge in [-0.2, -0.15) is 0 Å². The first-order chi connectivity index (χ1) is 42.7. The van der Waals surface area contributed by atoms with Crippen LogP contribution in [0.2, 0.25) is 0 Å². The van der Waals surface area contributed by atoms with Crippen LogP contribution in [0, 0.1) is 0 Å². The number of carbonyl (C=O) groups is 4. The highest BCUT2D eigenvalue weighted by atomic mass is 79.9. The van der Waals surface area contributed by atoms with E-state index in [0.29, 0.717) is 72.7 Å². The first kappa shape index (κ1) is 73.1. The number of guanidine groups is 2. The molecule has 4 aromatic rings. The first-order valence-electron chi connectivity index (χ1n) is 28.3. The molecule has 0 unspecified atom stereocenters. The minimum Gasteiger partial charge on any atom is -0.489 e. The maximum atomic E-state index is 13.4. The van der Waals surface area contributed by atoms with E-state index in [1.807, 2.05) is 158 Å². The molecule has 6 aliphatic heterocycles. The molecule has 0 saturated carbocycles. The van der Waals surface area contributed by atoms with Crippen molar-refractivity contribution in [2.45, 2.75) is 83.0 Å². The highest BCUT2D eigenvalue weighted by molar-refractivity contribution is 9.09. The second-order valence-corrected chi connectivity index (χ2v) is 27.1. The standard InChI is InChI=1S/C28H28Cl3N5O3.C15H13BrO2.C13H16Cl3N5O.C6H14N2.CH2Cl2/c1-3-22-24-27(14-7-15-36(27)26(32-22)33-25(38)28(29,30)31)34-18(2)35(24)16-23(37)20-10-12-21(13-11-20)39-17-19-8-5-4-6-9-19;16-10-15(17)13-6-8-14(9-7-13)18-11-12-4-2-1-3-5-12;1-3-8-9-12(20-7(2)17-9)5-4-6-21(12)11(18-8)19-10(22)13(14,15)16;1-6(7(2)3)8(4)5;2-1-3/h4-14,22,24,34H,2-3,15-17H2,1H3,(H,32,33,38);1-9H,10-11H2;4-5,8-9,17,20H,2-3,6H2,1H3,(H,18,19,22);1H2,2-5H3;1H2/t22-,24-,27+;;8-,9-,12+;;/m0.0../s1. The van der Waals surface area contributed by atoms with Crippen molar-refractivity contribution in [1.82, 2.24) is 51.1 Å². The molecule has 6 atom stereocenters. The molecule has 0 radical (unpaired) electrons. The molecular formula is C63H73BrCl8N12O6. The van der Waals surface area contributed by atoms with Gasteiger partial charge in [-0.1, -0.05) is 192 Å². The number of aliphatic imine (C=N–C) groups is 2. The van der Waals surface area contributed by atoms with Crippen LogP contribution in [0.15, 0.2) is 181 Å². The van der Waals surface area contributed by atoms with Crippen LogP contribution in [0.25, 0.3) is 0 Å². The summed E-state index contributed by atoms with van der Waals surface area (Å²) in [5.41, 5.74) is 2.19. The highest BCUT2D eigenvalue weighted by Crippen LogP contribution is 2.42. The van der Waals surface area contributed by atoms with E-state index in [4.69, 9.17) is 107 Å². The van der Waals surface area contributed by atoms with Gasteiger partial charge in [0.2, 0.25) is 11.9 Å². The van der Waals surface area contributed by atoms with Crippen LogP contribution in [0.4, 0.5) is 0 Å². The Hall–Kier alpha value is -6.00. The number of amides is 2. The van der Waals surface area contributed by atoms with Gasteiger partial charge in [0.1, 0.15) is 24.7 Å². The number of rotatable bonds is 15. The topological polar surface area (TPSA) is 188 Å². The average Bonchev–Trinajstić information content (AvgIpc) is 1.56. The number of halogens is 9. The summed E-state index contributed by atoms with van der Waals surface area (Å²) >= 11 is 47.0. The fourth-order valence-electron chi connectivity index (χ4n) is 10.4. The lowest BCUT2D eigenvalue weighted by molar-refractivity contribution is -0.119. The molecule has 0 bridgehead atoms. The number of benzene rings is 4. The van der Waals surface area contributed by atoms with Crippen molar-refractivity contribution in [2.75, 3.05) is 58.5 Å². The van der Waals surface area contributed by atoms with Gasteiger partial charge in [0.15, 0.2) is 22.9 Å². The minimum absolute atomic E-state index is 0.0252. The van der Waals surface area contributed by atoms with Gasteiger partial charge in [-0.15, -0.1) is 23.2 Å². The molecule has 484 valence electrons. The number of hydrogen-bond acceptors (Lipinski definition) is 16. The quantitative estimate of drug-likeness (QED) is 0.0430. The SMILES string of the molecule is C=C(N(C)C)N(C)C.C=C1N[C@H]2[C@H](CC)N=C(NC(=O)C(Cl)(Cl)Cl)N3CC=C[C@]23N1.C=C1N[C@]23C=CCN2C(NC(=O)C(Cl)(Cl)Cl)=N[C@@H](CC)[C@@H]3N1CC(=O)c1ccc(OCc2ccccc2)cc1.ClCCl.O=C(CBr)c1ccc(OCc2ccccc2)cc1. The average molecular weight is 1460 g/mol. The third-order valence-electron chi connectivity index (χ3n) is 14.8. The Kier molecular flexibility index (Phi) is 26.8. The summed E-state index contributed by atoms with van der Waals surface area (Å²) in [6.45, 7) is 18.1. The summed E-state index contributed by atoms with van der Waals surface area (Å²) < 4.78 is 7.32. The van der Waals surface area contributed by atoms with E-state index in [1.54, 1.807) is 36.4 Å². The van der Waals surface area contributed by atoms with Crippen LogP contribution in [-0.4, -0.2) is 161 Å². The van der Waals surface area contributed by atoms with Crippen molar-refractivity contribution in [3.05, 3.63) is 193 Å². The number of nitrogens with zero attached hydrogens (tertiary/aromatic N) is 7. The number of ether oxygens (including phenoxy) is 2. The number of hydrogen-bond donors (Lipinski definition) is 5. The molecular weight excluding hydrogens is 1380 g/mol. The van der Waals surface area contributed by atoms with Crippen molar-refractivity contribution in [3.8, 4) is 11.5 Å². The Morgan fingerprint density at radius 3 is 1.49 bits per heavy atom. The maximum absolute atomic E-state index is 13.4. The van der Waals surface area contributed by atoms with Crippen LogP contribution >= 0.6 is 109 Å². The Morgan fingerprint density at radius 2 is 1.08 bits per heavy atom. The fourth-order valence-corrected chi connectivity index (χ4v) is 11.0. The lowest BCUT2D eigenvalue weighted by Crippen LogP contribution is -2.69. The lowest BCUT2D eigenvalue weighted by Gasteiger charge is -2.47. The third kappa shape index (κ3) is 18.6. The number of nitrogens with one attached hydrogen (secondary N) is 5. The number of carbonyl (C=O) groups excluding carboxylic acids is 4. The van der Waals surface area contributed by atoms with Crippen molar-refractivity contribution in [2.24, 2.45) is 9.98 Å². The Balaban J connectivity index is 0.000000213. The number of Topliss-reactive ketones (excluding diaryl/α,β-unsaturated/α-hetero) is 2. The highest BCUT2D eigenvalue weighted by Gasteiger charge is 2.60. The molecule has 18 nitrogen and oxygen atoms in total. The summed E-state index contributed by atoms with van der Waals surface area (Å²) in [6.07, 6.45) is 9.50. The molecule has 2 saturated heterocycles. The molecule has 2 amide bonds. The first-order valence-corrected chi connectivity index (χ1v) is 32.7. The third-order valence-corrected chi connectivity index (χ3v) is 16.3. The molecule has 5 N–H and O–H groups in total. The summed E-state index contributed by atoms with van der Waals surface area (Å²) in [7, 11) is 7.90. The van der Waals surface area contributed by atoms with Gasteiger partial charge in [-0.3, -0.25) is 29.8 Å². The number of alkyl halides is 9.